The van der Waals surface area contributed by atoms with Gasteiger partial charge < -0.3 is 0 Å². The molecule has 0 aliphatic heterocycles. The summed E-state index contributed by atoms with van der Waals surface area (Å²) in [6.07, 6.45) is 2.42. The second kappa shape index (κ2) is 2.68. The molecule has 9 heavy (non-hydrogen) atoms. The van der Waals surface area contributed by atoms with Crippen LogP contribution in [-0.2, 0) is 0 Å². The van der Waals surface area contributed by atoms with Crippen LogP contribution in [0.3, 0.4) is 0 Å². The minimum absolute atomic E-state index is 0.464. The molecule has 0 bridgehead atoms. The van der Waals surface area contributed by atoms with E-state index >= 15 is 0 Å². The van der Waals surface area contributed by atoms with Crippen molar-refractivity contribution in [3.05, 3.63) is 0 Å². The summed E-state index contributed by atoms with van der Waals surface area (Å²) in [6, 6.07) is 0. The molecular formula is C8H15F. The van der Waals surface area contributed by atoms with Crippen LogP contribution < -0.4 is 0 Å². The molecule has 0 aromatic heterocycles. The third-order valence-electron chi connectivity index (χ3n) is 1.98. The van der Waals surface area contributed by atoms with Gasteiger partial charge in [-0.05, 0) is 31.1 Å². The molecule has 1 saturated carbocycles. The molecule has 0 N–H and O–H groups in total. The van der Waals surface area contributed by atoms with Gasteiger partial charge in [-0.3, -0.25) is 0 Å². The predicted octanol–water partition coefficient (Wildman–Crippen LogP) is 2.78. The molecule has 1 heteroatoms. The smallest absolute Gasteiger partial charge is 0.101 e. The Morgan fingerprint density at radius 2 is 2.00 bits per heavy atom. The third kappa shape index (κ3) is 1.96. The average molecular weight is 130 g/mol. The summed E-state index contributed by atoms with van der Waals surface area (Å²) in [4.78, 5) is 0. The lowest BCUT2D eigenvalue weighted by atomic mass is 9.78. The molecule has 1 aliphatic carbocycles. The summed E-state index contributed by atoms with van der Waals surface area (Å²) in [5.74, 6) is 1.46. The first-order chi connectivity index (χ1) is 4.18. The first kappa shape index (κ1) is 7.04. The van der Waals surface area contributed by atoms with Crippen molar-refractivity contribution >= 4 is 0 Å². The Labute approximate surface area is 56.5 Å². The zero-order valence-electron chi connectivity index (χ0n) is 6.23. The van der Waals surface area contributed by atoms with Crippen molar-refractivity contribution in [2.75, 3.05) is 0 Å². The standard InChI is InChI=1S/C8H15F/c1-6(2)3-7-4-8(9)5-7/h6-8H,3-5H2,1-2H3/t7-,8+. The van der Waals surface area contributed by atoms with Crippen LogP contribution in [0.5, 0.6) is 0 Å². The molecule has 0 aromatic carbocycles. The monoisotopic (exact) mass is 130 g/mol. The maximum Gasteiger partial charge on any atom is 0.101 e. The minimum atomic E-state index is -0.464. The second-order valence-corrected chi connectivity index (χ2v) is 3.56. The van der Waals surface area contributed by atoms with E-state index in [0.717, 1.165) is 18.8 Å². The van der Waals surface area contributed by atoms with Crippen LogP contribution in [0.4, 0.5) is 4.39 Å². The van der Waals surface area contributed by atoms with Crippen molar-refractivity contribution in [3.8, 4) is 0 Å². The Morgan fingerprint density at radius 3 is 2.33 bits per heavy atom. The zero-order chi connectivity index (χ0) is 6.85. The van der Waals surface area contributed by atoms with Gasteiger partial charge >= 0.3 is 0 Å². The first-order valence-electron chi connectivity index (χ1n) is 3.82. The maximum atomic E-state index is 12.2. The van der Waals surface area contributed by atoms with Gasteiger partial charge in [0.2, 0.25) is 0 Å². The molecule has 0 amide bonds. The van der Waals surface area contributed by atoms with E-state index in [2.05, 4.69) is 13.8 Å². The number of hydrogen-bond acceptors (Lipinski definition) is 0. The number of rotatable bonds is 2. The molecule has 0 aromatic rings. The van der Waals surface area contributed by atoms with Gasteiger partial charge in [0, 0.05) is 0 Å². The van der Waals surface area contributed by atoms with Gasteiger partial charge in [0.1, 0.15) is 6.17 Å². The fourth-order valence-electron chi connectivity index (χ4n) is 1.51. The van der Waals surface area contributed by atoms with Gasteiger partial charge in [-0.25, -0.2) is 4.39 Å². The van der Waals surface area contributed by atoms with Crippen molar-refractivity contribution in [1.29, 1.82) is 0 Å². The average Bonchev–Trinajstić information content (AvgIpc) is 1.60. The van der Waals surface area contributed by atoms with E-state index < -0.39 is 6.17 Å². The summed E-state index contributed by atoms with van der Waals surface area (Å²) in [5, 5.41) is 0. The van der Waals surface area contributed by atoms with Crippen LogP contribution in [0.15, 0.2) is 0 Å². The van der Waals surface area contributed by atoms with Gasteiger partial charge in [0.25, 0.3) is 0 Å². The van der Waals surface area contributed by atoms with Gasteiger partial charge in [-0.2, -0.15) is 0 Å². The summed E-state index contributed by atoms with van der Waals surface area (Å²) < 4.78 is 12.2. The summed E-state index contributed by atoms with van der Waals surface area (Å²) in [6.45, 7) is 4.40. The maximum absolute atomic E-state index is 12.2. The van der Waals surface area contributed by atoms with E-state index in [4.69, 9.17) is 0 Å². The molecule has 1 aliphatic rings. The molecule has 0 unspecified atom stereocenters. The van der Waals surface area contributed by atoms with E-state index in [-0.39, 0.29) is 0 Å². The normalized spacial score (nSPS) is 34.7. The number of alkyl halides is 1. The third-order valence-corrected chi connectivity index (χ3v) is 1.98. The lowest BCUT2D eigenvalue weighted by Crippen LogP contribution is -2.25. The SMILES string of the molecule is CC(C)C[C@H]1C[C@@H](F)C1. The van der Waals surface area contributed by atoms with Crippen molar-refractivity contribution in [2.45, 2.75) is 39.3 Å². The Kier molecular flexibility index (Phi) is 2.09. The van der Waals surface area contributed by atoms with Crippen LogP contribution in [0.1, 0.15) is 33.1 Å². The largest absolute Gasteiger partial charge is 0.247 e. The van der Waals surface area contributed by atoms with Crippen LogP contribution in [0.2, 0.25) is 0 Å². The van der Waals surface area contributed by atoms with Crippen molar-refractivity contribution in [2.24, 2.45) is 11.8 Å². The molecule has 0 heterocycles. The minimum Gasteiger partial charge on any atom is -0.247 e. The van der Waals surface area contributed by atoms with Gasteiger partial charge in [-0.15, -0.1) is 0 Å². The Bertz CT molecular complexity index is 82.6. The van der Waals surface area contributed by atoms with Crippen LogP contribution in [0.25, 0.3) is 0 Å². The molecule has 0 saturated heterocycles. The summed E-state index contributed by atoms with van der Waals surface area (Å²) >= 11 is 0. The molecular weight excluding hydrogens is 115 g/mol. The van der Waals surface area contributed by atoms with Crippen molar-refractivity contribution in [1.82, 2.24) is 0 Å². The van der Waals surface area contributed by atoms with Gasteiger partial charge in [-0.1, -0.05) is 13.8 Å². The molecule has 0 nitrogen and oxygen atoms in total. The van der Waals surface area contributed by atoms with E-state index in [1.165, 1.54) is 6.42 Å². The molecule has 1 rings (SSSR count). The first-order valence-corrected chi connectivity index (χ1v) is 3.82. The van der Waals surface area contributed by atoms with Crippen LogP contribution in [-0.4, -0.2) is 6.17 Å². The highest BCUT2D eigenvalue weighted by Crippen LogP contribution is 2.34. The predicted molar refractivity (Wildman–Crippen MR) is 37.1 cm³/mol. The summed E-state index contributed by atoms with van der Waals surface area (Å²) in [5.41, 5.74) is 0. The van der Waals surface area contributed by atoms with E-state index in [0.29, 0.717) is 5.92 Å². The molecule has 0 spiro atoms. The quantitative estimate of drug-likeness (QED) is 0.539. The Balaban J connectivity index is 2.04. The molecule has 0 radical (unpaired) electrons. The lowest BCUT2D eigenvalue weighted by Gasteiger charge is -2.30. The fraction of sp³-hybridized carbons (Fsp3) is 1.00. The molecule has 1 fully saturated rings. The highest BCUT2D eigenvalue weighted by molar-refractivity contribution is 4.79. The second-order valence-electron chi connectivity index (χ2n) is 3.56. The molecule has 0 atom stereocenters. The Hall–Kier alpha value is -0.0700. The van der Waals surface area contributed by atoms with E-state index in [1.807, 2.05) is 0 Å². The van der Waals surface area contributed by atoms with Crippen molar-refractivity contribution in [3.63, 3.8) is 0 Å². The topological polar surface area (TPSA) is 0 Å². The van der Waals surface area contributed by atoms with Crippen LogP contribution in [0, 0.1) is 11.8 Å². The Morgan fingerprint density at radius 1 is 1.44 bits per heavy atom. The highest BCUT2D eigenvalue weighted by Gasteiger charge is 2.28. The molecule has 54 valence electrons. The van der Waals surface area contributed by atoms with Gasteiger partial charge in [0.05, 0.1) is 0 Å². The number of hydrogen-bond donors (Lipinski definition) is 0. The van der Waals surface area contributed by atoms with E-state index in [1.54, 1.807) is 0 Å². The fourth-order valence-corrected chi connectivity index (χ4v) is 1.51. The zero-order valence-corrected chi connectivity index (χ0v) is 6.23. The van der Waals surface area contributed by atoms with Crippen LogP contribution >= 0.6 is 0 Å². The highest BCUT2D eigenvalue weighted by atomic mass is 19.1. The van der Waals surface area contributed by atoms with Crippen molar-refractivity contribution < 1.29 is 4.39 Å². The summed E-state index contributed by atoms with van der Waals surface area (Å²) in [7, 11) is 0. The number of halogens is 1. The van der Waals surface area contributed by atoms with Gasteiger partial charge in [0.15, 0.2) is 0 Å². The van der Waals surface area contributed by atoms with E-state index in [9.17, 15) is 4.39 Å². The lowest BCUT2D eigenvalue weighted by molar-refractivity contribution is 0.114.